The minimum absolute atomic E-state index is 0.0332. The summed E-state index contributed by atoms with van der Waals surface area (Å²) in [5.41, 5.74) is 2.86. The average molecular weight is 473 g/mol. The molecule has 0 saturated carbocycles. The zero-order valence-corrected chi connectivity index (χ0v) is 19.1. The van der Waals surface area contributed by atoms with Crippen LogP contribution in [0.5, 0.6) is 11.5 Å². The predicted octanol–water partition coefficient (Wildman–Crippen LogP) is 4.51. The maximum Gasteiger partial charge on any atom is 0.279 e. The zero-order chi connectivity index (χ0) is 23.2. The summed E-state index contributed by atoms with van der Waals surface area (Å²) in [7, 11) is 0. The largest absolute Gasteiger partial charge is 0.457 e. The Balaban J connectivity index is 1.25. The zero-order valence-electron chi connectivity index (χ0n) is 18.3. The van der Waals surface area contributed by atoms with Crippen LogP contribution in [0.4, 0.5) is 5.13 Å². The van der Waals surface area contributed by atoms with Crippen LogP contribution in [0.2, 0.25) is 0 Å². The molecule has 0 bridgehead atoms. The van der Waals surface area contributed by atoms with Crippen LogP contribution in [0.1, 0.15) is 43.9 Å². The second-order valence-electron chi connectivity index (χ2n) is 8.29. The lowest BCUT2D eigenvalue weighted by molar-refractivity contribution is -0.132. The highest BCUT2D eigenvalue weighted by Crippen LogP contribution is 2.45. The lowest BCUT2D eigenvalue weighted by Gasteiger charge is -2.33. The van der Waals surface area contributed by atoms with Crippen LogP contribution in [-0.4, -0.2) is 33.4 Å². The third-order valence-electron chi connectivity index (χ3n) is 6.05. The maximum atomic E-state index is 13.8. The minimum Gasteiger partial charge on any atom is -0.457 e. The summed E-state index contributed by atoms with van der Waals surface area (Å²) in [4.78, 5) is 33.7. The van der Waals surface area contributed by atoms with Gasteiger partial charge < -0.3 is 14.2 Å². The number of aryl methyl sites for hydroxylation is 1. The van der Waals surface area contributed by atoms with Crippen molar-refractivity contribution in [2.24, 2.45) is 0 Å². The molecule has 2 aromatic heterocycles. The Morgan fingerprint density at radius 3 is 2.47 bits per heavy atom. The average Bonchev–Trinajstić information content (AvgIpc) is 3.47. The second kappa shape index (κ2) is 8.11. The first kappa shape index (κ1) is 20.6. The molecule has 0 aliphatic carbocycles. The molecule has 0 radical (unpaired) electrons. The molecule has 0 unspecified atom stereocenters. The van der Waals surface area contributed by atoms with E-state index in [1.54, 1.807) is 13.0 Å². The fourth-order valence-electron chi connectivity index (χ4n) is 4.43. The van der Waals surface area contributed by atoms with Crippen molar-refractivity contribution in [1.82, 2.24) is 15.0 Å². The fourth-order valence-corrected chi connectivity index (χ4v) is 5.45. The summed E-state index contributed by atoms with van der Waals surface area (Å²) in [6.45, 7) is 2.74. The van der Waals surface area contributed by atoms with Crippen molar-refractivity contribution in [2.45, 2.75) is 25.8 Å². The number of nitrogens with one attached hydrogen (secondary N) is 1. The smallest absolute Gasteiger partial charge is 0.279 e. The van der Waals surface area contributed by atoms with Crippen molar-refractivity contribution in [3.05, 3.63) is 87.7 Å². The number of anilines is 1. The van der Waals surface area contributed by atoms with Crippen molar-refractivity contribution in [2.75, 3.05) is 11.9 Å². The number of amides is 2. The van der Waals surface area contributed by atoms with Gasteiger partial charge in [0.1, 0.15) is 17.3 Å². The monoisotopic (exact) mass is 472 g/mol. The molecule has 0 spiro atoms. The predicted molar refractivity (Wildman–Crippen MR) is 125 cm³/mol. The summed E-state index contributed by atoms with van der Waals surface area (Å²) in [6.07, 6.45) is 0.628. The topological polar surface area (TPSA) is 97.6 Å². The van der Waals surface area contributed by atoms with Crippen LogP contribution >= 0.6 is 11.3 Å². The lowest BCUT2D eigenvalue weighted by atomic mass is 9.86. The van der Waals surface area contributed by atoms with Gasteiger partial charge in [-0.1, -0.05) is 52.9 Å². The molecule has 170 valence electrons. The Hall–Kier alpha value is -3.98. The van der Waals surface area contributed by atoms with Gasteiger partial charge in [0.25, 0.3) is 5.91 Å². The Bertz CT molecular complexity index is 1380. The first-order valence-corrected chi connectivity index (χ1v) is 11.8. The molecule has 34 heavy (non-hydrogen) atoms. The van der Waals surface area contributed by atoms with E-state index in [0.717, 1.165) is 21.7 Å². The van der Waals surface area contributed by atoms with E-state index >= 15 is 0 Å². The number of para-hydroxylation sites is 2. The SMILES string of the molecule is Cc1cc(C(=O)Nc2nc3c(s2)CN(C(=O)C2c4ccccc4Oc4ccccc42)CC3)no1. The molecule has 2 amide bonds. The number of nitrogens with zero attached hydrogens (tertiary/aromatic N) is 3. The molecule has 2 aromatic carbocycles. The number of rotatable bonds is 3. The van der Waals surface area contributed by atoms with Gasteiger partial charge in [-0.2, -0.15) is 0 Å². The van der Waals surface area contributed by atoms with E-state index in [0.29, 0.717) is 41.9 Å². The number of benzene rings is 2. The quantitative estimate of drug-likeness (QED) is 0.471. The van der Waals surface area contributed by atoms with E-state index in [1.807, 2.05) is 53.4 Å². The summed E-state index contributed by atoms with van der Waals surface area (Å²) in [6, 6.07) is 17.0. The van der Waals surface area contributed by atoms with E-state index in [4.69, 9.17) is 9.26 Å². The van der Waals surface area contributed by atoms with Gasteiger partial charge in [0, 0.05) is 35.0 Å². The Labute approximate surface area is 199 Å². The van der Waals surface area contributed by atoms with Crippen LogP contribution in [0.15, 0.2) is 59.1 Å². The number of carbonyl (C=O) groups is 2. The number of fused-ring (bicyclic) bond motifs is 3. The standard InChI is InChI=1S/C25H20N4O4S/c1-14-12-18(28-33-14)23(30)27-25-26-17-10-11-29(13-21(17)34-25)24(31)22-15-6-2-4-8-19(15)32-20-9-5-3-7-16(20)22/h2-9,12,22H,10-11,13H2,1H3,(H,26,27,30). The van der Waals surface area contributed by atoms with E-state index in [-0.39, 0.29) is 17.5 Å². The van der Waals surface area contributed by atoms with Crippen LogP contribution in [0.25, 0.3) is 0 Å². The van der Waals surface area contributed by atoms with Crippen molar-refractivity contribution in [3.8, 4) is 11.5 Å². The molecule has 6 rings (SSSR count). The van der Waals surface area contributed by atoms with Crippen LogP contribution in [-0.2, 0) is 17.8 Å². The van der Waals surface area contributed by atoms with Crippen LogP contribution in [0, 0.1) is 6.92 Å². The number of thiazole rings is 1. The van der Waals surface area contributed by atoms with Crippen molar-refractivity contribution in [3.63, 3.8) is 0 Å². The molecule has 4 heterocycles. The molecule has 2 aliphatic rings. The van der Waals surface area contributed by atoms with Gasteiger partial charge in [-0.3, -0.25) is 14.9 Å². The third-order valence-corrected chi connectivity index (χ3v) is 7.05. The van der Waals surface area contributed by atoms with Gasteiger partial charge in [0.2, 0.25) is 5.91 Å². The first-order chi connectivity index (χ1) is 16.6. The number of aromatic nitrogens is 2. The summed E-state index contributed by atoms with van der Waals surface area (Å²) < 4.78 is 11.0. The van der Waals surface area contributed by atoms with Crippen LogP contribution < -0.4 is 10.1 Å². The molecule has 0 saturated heterocycles. The molecular weight excluding hydrogens is 452 g/mol. The normalized spacial score (nSPS) is 14.6. The highest BCUT2D eigenvalue weighted by Gasteiger charge is 2.36. The third kappa shape index (κ3) is 3.54. The van der Waals surface area contributed by atoms with Crippen molar-refractivity contribution >= 4 is 28.3 Å². The van der Waals surface area contributed by atoms with Crippen LogP contribution in [0.3, 0.4) is 0 Å². The Morgan fingerprint density at radius 1 is 1.09 bits per heavy atom. The van der Waals surface area contributed by atoms with E-state index in [1.165, 1.54) is 11.3 Å². The fraction of sp³-hybridized carbons (Fsp3) is 0.200. The van der Waals surface area contributed by atoms with E-state index in [2.05, 4.69) is 15.5 Å². The molecule has 0 atom stereocenters. The highest BCUT2D eigenvalue weighted by molar-refractivity contribution is 7.15. The number of hydrogen-bond donors (Lipinski definition) is 1. The second-order valence-corrected chi connectivity index (χ2v) is 9.37. The molecule has 1 N–H and O–H groups in total. The Kier molecular flexibility index (Phi) is 4.91. The number of hydrogen-bond acceptors (Lipinski definition) is 7. The molecular formula is C25H20N4O4S. The van der Waals surface area contributed by atoms with Gasteiger partial charge >= 0.3 is 0 Å². The summed E-state index contributed by atoms with van der Waals surface area (Å²) in [5.74, 6) is 1.22. The van der Waals surface area contributed by atoms with E-state index in [9.17, 15) is 9.59 Å². The van der Waals surface area contributed by atoms with Crippen molar-refractivity contribution in [1.29, 1.82) is 0 Å². The molecule has 8 nitrogen and oxygen atoms in total. The van der Waals surface area contributed by atoms with Crippen molar-refractivity contribution < 1.29 is 18.8 Å². The molecule has 0 fully saturated rings. The molecule has 2 aliphatic heterocycles. The number of carbonyl (C=O) groups excluding carboxylic acids is 2. The summed E-state index contributed by atoms with van der Waals surface area (Å²) in [5, 5.41) is 7.02. The Morgan fingerprint density at radius 2 is 1.79 bits per heavy atom. The maximum absolute atomic E-state index is 13.8. The van der Waals surface area contributed by atoms with Gasteiger partial charge in [0.15, 0.2) is 10.8 Å². The van der Waals surface area contributed by atoms with Gasteiger partial charge in [0.05, 0.1) is 18.2 Å². The van der Waals surface area contributed by atoms with Gasteiger partial charge in [-0.25, -0.2) is 4.98 Å². The molecule has 9 heteroatoms. The highest BCUT2D eigenvalue weighted by atomic mass is 32.1. The summed E-state index contributed by atoms with van der Waals surface area (Å²) >= 11 is 1.38. The lowest BCUT2D eigenvalue weighted by Crippen LogP contribution is -2.39. The molecule has 4 aromatic rings. The minimum atomic E-state index is -0.426. The van der Waals surface area contributed by atoms with E-state index < -0.39 is 5.92 Å². The van der Waals surface area contributed by atoms with Gasteiger partial charge in [-0.05, 0) is 19.1 Å². The van der Waals surface area contributed by atoms with Gasteiger partial charge in [-0.15, -0.1) is 0 Å². The number of ether oxygens (including phenoxy) is 1. The first-order valence-electron chi connectivity index (χ1n) is 10.9.